The quantitative estimate of drug-likeness (QED) is 0.614. The second-order valence-electron chi connectivity index (χ2n) is 2.57. The third-order valence-electron chi connectivity index (χ3n) is 1.81. The first-order valence-electron chi connectivity index (χ1n) is 3.61. The average Bonchev–Trinajstić information content (AvgIpc) is 2.07. The highest BCUT2D eigenvalue weighted by Gasteiger charge is 2.00. The fourth-order valence-electron chi connectivity index (χ4n) is 1.21. The van der Waals surface area contributed by atoms with Crippen LogP contribution in [0.4, 0.5) is 5.82 Å². The first-order valence-corrected chi connectivity index (χ1v) is 3.61. The summed E-state index contributed by atoms with van der Waals surface area (Å²) >= 11 is 0. The van der Waals surface area contributed by atoms with E-state index in [9.17, 15) is 5.11 Å². The predicted molar refractivity (Wildman–Crippen MR) is 47.8 cm³/mol. The first kappa shape index (κ1) is 6.91. The maximum atomic E-state index is 9.41. The molecule has 0 spiro atoms. The van der Waals surface area contributed by atoms with Crippen molar-refractivity contribution in [2.24, 2.45) is 0 Å². The van der Waals surface area contributed by atoms with Gasteiger partial charge in [-0.1, -0.05) is 12.1 Å². The summed E-state index contributed by atoms with van der Waals surface area (Å²) in [4.78, 5) is 3.92. The largest absolute Gasteiger partial charge is 0.507 e. The van der Waals surface area contributed by atoms with E-state index in [0.29, 0.717) is 5.82 Å². The summed E-state index contributed by atoms with van der Waals surface area (Å²) in [6, 6.07) is 6.94. The lowest BCUT2D eigenvalue weighted by molar-refractivity contribution is 0.481. The highest BCUT2D eigenvalue weighted by molar-refractivity contribution is 5.94. The number of anilines is 1. The molecule has 0 fully saturated rings. The van der Waals surface area contributed by atoms with Crippen LogP contribution >= 0.6 is 0 Å². The fourth-order valence-corrected chi connectivity index (χ4v) is 1.21. The van der Waals surface area contributed by atoms with E-state index in [4.69, 9.17) is 5.73 Å². The summed E-state index contributed by atoms with van der Waals surface area (Å²) in [6.45, 7) is 0. The zero-order valence-corrected chi connectivity index (χ0v) is 6.36. The number of hydrogen-bond donors (Lipinski definition) is 2. The average molecular weight is 160 g/mol. The van der Waals surface area contributed by atoms with Crippen molar-refractivity contribution in [3.63, 3.8) is 0 Å². The number of nitrogen functional groups attached to an aromatic ring is 1. The molecule has 0 bridgehead atoms. The molecular formula is C9H8N2O. The minimum absolute atomic E-state index is 0.238. The van der Waals surface area contributed by atoms with E-state index < -0.39 is 0 Å². The molecule has 0 radical (unpaired) electrons. The Balaban J connectivity index is 2.94. The molecule has 0 aliphatic carbocycles. The van der Waals surface area contributed by atoms with E-state index in [1.165, 1.54) is 0 Å². The van der Waals surface area contributed by atoms with Gasteiger partial charge >= 0.3 is 0 Å². The second kappa shape index (κ2) is 2.37. The van der Waals surface area contributed by atoms with Gasteiger partial charge in [0.1, 0.15) is 11.6 Å². The van der Waals surface area contributed by atoms with Crippen molar-refractivity contribution in [2.45, 2.75) is 0 Å². The lowest BCUT2D eigenvalue weighted by Gasteiger charge is -2.01. The number of aromatic hydroxyl groups is 1. The Morgan fingerprint density at radius 1 is 1.17 bits per heavy atom. The molecule has 3 nitrogen and oxygen atoms in total. The van der Waals surface area contributed by atoms with Gasteiger partial charge in [0.2, 0.25) is 0 Å². The molecule has 3 N–H and O–H groups in total. The molecule has 12 heavy (non-hydrogen) atoms. The van der Waals surface area contributed by atoms with Crippen LogP contribution in [0.15, 0.2) is 30.5 Å². The van der Waals surface area contributed by atoms with Crippen molar-refractivity contribution < 1.29 is 5.11 Å². The molecule has 1 aromatic carbocycles. The normalized spacial score (nSPS) is 10.3. The molecule has 2 rings (SSSR count). The van der Waals surface area contributed by atoms with Crippen LogP contribution in [-0.2, 0) is 0 Å². The molecule has 1 heterocycles. The van der Waals surface area contributed by atoms with Gasteiger partial charge in [-0.05, 0) is 12.1 Å². The maximum absolute atomic E-state index is 9.41. The van der Waals surface area contributed by atoms with E-state index in [0.717, 1.165) is 10.8 Å². The van der Waals surface area contributed by atoms with E-state index in [-0.39, 0.29) is 5.75 Å². The molecule has 1 aromatic heterocycles. The molecule has 0 aliphatic rings. The molecule has 60 valence electrons. The number of nitrogens with two attached hydrogens (primary N) is 1. The summed E-state index contributed by atoms with van der Waals surface area (Å²) in [6.07, 6.45) is 1.58. The van der Waals surface area contributed by atoms with Crippen LogP contribution in [0.5, 0.6) is 5.75 Å². The van der Waals surface area contributed by atoms with Crippen LogP contribution in [0.25, 0.3) is 10.8 Å². The smallest absolute Gasteiger partial charge is 0.131 e. The monoisotopic (exact) mass is 160 g/mol. The standard InChI is InChI=1S/C9H8N2O/c10-9-7-2-1-3-8(12)6(7)4-5-11-9/h1-5,12H,(H2,10,11). The SMILES string of the molecule is Nc1nccc2c(O)cccc12. The van der Waals surface area contributed by atoms with Crippen LogP contribution in [0.1, 0.15) is 0 Å². The number of fused-ring (bicyclic) bond motifs is 1. The van der Waals surface area contributed by atoms with Crippen molar-refractivity contribution >= 4 is 16.6 Å². The third-order valence-corrected chi connectivity index (χ3v) is 1.81. The van der Waals surface area contributed by atoms with Crippen molar-refractivity contribution in [3.8, 4) is 5.75 Å². The minimum Gasteiger partial charge on any atom is -0.507 e. The number of benzene rings is 1. The summed E-state index contributed by atoms with van der Waals surface area (Å²) in [7, 11) is 0. The van der Waals surface area contributed by atoms with Crippen LogP contribution < -0.4 is 5.73 Å². The summed E-state index contributed by atoms with van der Waals surface area (Å²) in [5.74, 6) is 0.685. The summed E-state index contributed by atoms with van der Waals surface area (Å²) in [5, 5.41) is 10.9. The number of nitrogens with zero attached hydrogens (tertiary/aromatic N) is 1. The zero-order chi connectivity index (χ0) is 8.55. The Kier molecular flexibility index (Phi) is 1.37. The van der Waals surface area contributed by atoms with Gasteiger partial charge in [0.15, 0.2) is 0 Å². The van der Waals surface area contributed by atoms with Gasteiger partial charge in [0.25, 0.3) is 0 Å². The number of phenolic OH excluding ortho intramolecular Hbond substituents is 1. The van der Waals surface area contributed by atoms with Gasteiger partial charge in [0.05, 0.1) is 0 Å². The van der Waals surface area contributed by atoms with Crippen LogP contribution in [0.3, 0.4) is 0 Å². The molecule has 0 saturated heterocycles. The number of pyridine rings is 1. The van der Waals surface area contributed by atoms with Gasteiger partial charge < -0.3 is 10.8 Å². The molecule has 0 unspecified atom stereocenters. The van der Waals surface area contributed by atoms with Gasteiger partial charge in [-0.25, -0.2) is 4.98 Å². The molecule has 2 aromatic rings. The van der Waals surface area contributed by atoms with Crippen molar-refractivity contribution in [2.75, 3.05) is 5.73 Å². The van der Waals surface area contributed by atoms with E-state index in [2.05, 4.69) is 4.98 Å². The Labute approximate surface area is 69.5 Å². The first-order chi connectivity index (χ1) is 5.79. The Bertz CT molecular complexity index is 385. The molecule has 0 atom stereocenters. The summed E-state index contributed by atoms with van der Waals surface area (Å²) < 4.78 is 0. The van der Waals surface area contributed by atoms with Gasteiger partial charge in [0, 0.05) is 17.0 Å². The van der Waals surface area contributed by atoms with E-state index in [1.54, 1.807) is 24.4 Å². The van der Waals surface area contributed by atoms with Crippen molar-refractivity contribution in [3.05, 3.63) is 30.5 Å². The van der Waals surface area contributed by atoms with E-state index in [1.807, 2.05) is 6.07 Å². The third kappa shape index (κ3) is 0.871. The molecule has 0 saturated carbocycles. The van der Waals surface area contributed by atoms with Crippen LogP contribution in [0.2, 0.25) is 0 Å². The summed E-state index contributed by atoms with van der Waals surface area (Å²) in [5.41, 5.74) is 5.60. The molecule has 0 aliphatic heterocycles. The van der Waals surface area contributed by atoms with Crippen molar-refractivity contribution in [1.82, 2.24) is 4.98 Å². The van der Waals surface area contributed by atoms with Gasteiger partial charge in [-0.15, -0.1) is 0 Å². The van der Waals surface area contributed by atoms with Gasteiger partial charge in [-0.2, -0.15) is 0 Å². The fraction of sp³-hybridized carbons (Fsp3) is 0. The predicted octanol–water partition coefficient (Wildman–Crippen LogP) is 1.52. The van der Waals surface area contributed by atoms with Gasteiger partial charge in [-0.3, -0.25) is 0 Å². The van der Waals surface area contributed by atoms with E-state index >= 15 is 0 Å². The number of aromatic nitrogens is 1. The Hall–Kier alpha value is -1.77. The Morgan fingerprint density at radius 3 is 2.75 bits per heavy atom. The lowest BCUT2D eigenvalue weighted by Crippen LogP contribution is -1.90. The van der Waals surface area contributed by atoms with Crippen molar-refractivity contribution in [1.29, 1.82) is 0 Å². The Morgan fingerprint density at radius 2 is 2.00 bits per heavy atom. The minimum atomic E-state index is 0.238. The maximum Gasteiger partial charge on any atom is 0.131 e. The highest BCUT2D eigenvalue weighted by atomic mass is 16.3. The molecule has 0 amide bonds. The highest BCUT2D eigenvalue weighted by Crippen LogP contribution is 2.26. The van der Waals surface area contributed by atoms with Crippen LogP contribution in [-0.4, -0.2) is 10.1 Å². The lowest BCUT2D eigenvalue weighted by atomic mass is 10.1. The zero-order valence-electron chi connectivity index (χ0n) is 6.36. The second-order valence-corrected chi connectivity index (χ2v) is 2.57. The molecule has 3 heteroatoms. The topological polar surface area (TPSA) is 59.1 Å². The number of phenols is 1. The van der Waals surface area contributed by atoms with Crippen LogP contribution in [0, 0.1) is 0 Å². The number of rotatable bonds is 0. The number of hydrogen-bond acceptors (Lipinski definition) is 3. The molecular weight excluding hydrogens is 152 g/mol.